The summed E-state index contributed by atoms with van der Waals surface area (Å²) in [6.07, 6.45) is 2.28. The highest BCUT2D eigenvalue weighted by atomic mass is 19.2. The van der Waals surface area contributed by atoms with E-state index in [1.165, 1.54) is 12.1 Å². The first kappa shape index (κ1) is 8.63. The van der Waals surface area contributed by atoms with Crippen LogP contribution in [0.4, 0.5) is 8.78 Å². The number of aryl methyl sites for hydroxylation is 1. The average molecular weight is 183 g/mol. The lowest BCUT2D eigenvalue weighted by Crippen LogP contribution is -2.28. The topological polar surface area (TPSA) is 26.0 Å². The van der Waals surface area contributed by atoms with Crippen molar-refractivity contribution < 1.29 is 8.78 Å². The maximum Gasteiger partial charge on any atom is 0.159 e. The minimum Gasteiger partial charge on any atom is -0.327 e. The average Bonchev–Trinajstić information content (AvgIpc) is 2.08. The van der Waals surface area contributed by atoms with Crippen molar-refractivity contribution in [3.63, 3.8) is 0 Å². The van der Waals surface area contributed by atoms with Gasteiger partial charge < -0.3 is 5.73 Å². The van der Waals surface area contributed by atoms with E-state index in [9.17, 15) is 8.78 Å². The first-order chi connectivity index (χ1) is 6.16. The molecule has 1 aliphatic rings. The minimum atomic E-state index is -0.771. The molecule has 0 saturated carbocycles. The van der Waals surface area contributed by atoms with E-state index in [-0.39, 0.29) is 6.04 Å². The number of hydrogen-bond donors (Lipinski definition) is 1. The molecule has 1 aromatic rings. The lowest BCUT2D eigenvalue weighted by molar-refractivity contribution is 0.496. The Morgan fingerprint density at radius 2 is 1.77 bits per heavy atom. The largest absolute Gasteiger partial charge is 0.327 e. The second-order valence-corrected chi connectivity index (χ2v) is 3.54. The highest BCUT2D eigenvalue weighted by Crippen LogP contribution is 2.23. The lowest BCUT2D eigenvalue weighted by Gasteiger charge is -2.21. The number of rotatable bonds is 0. The van der Waals surface area contributed by atoms with Crippen molar-refractivity contribution in [1.82, 2.24) is 0 Å². The van der Waals surface area contributed by atoms with Crippen molar-refractivity contribution in [2.75, 3.05) is 0 Å². The fraction of sp³-hybridized carbons (Fsp3) is 0.400. The van der Waals surface area contributed by atoms with Gasteiger partial charge in [-0.1, -0.05) is 0 Å². The van der Waals surface area contributed by atoms with Gasteiger partial charge in [0.1, 0.15) is 0 Å². The third-order valence-electron chi connectivity index (χ3n) is 2.51. The number of nitrogens with two attached hydrogens (primary N) is 1. The molecule has 0 heterocycles. The van der Waals surface area contributed by atoms with Crippen molar-refractivity contribution in [1.29, 1.82) is 0 Å². The Labute approximate surface area is 75.6 Å². The van der Waals surface area contributed by atoms with Gasteiger partial charge in [-0.15, -0.1) is 0 Å². The number of halogens is 2. The Kier molecular flexibility index (Phi) is 2.04. The number of benzene rings is 1. The van der Waals surface area contributed by atoms with Gasteiger partial charge in [0.2, 0.25) is 0 Å². The van der Waals surface area contributed by atoms with Crippen LogP contribution >= 0.6 is 0 Å². The molecule has 0 bridgehead atoms. The molecule has 0 spiro atoms. The van der Waals surface area contributed by atoms with E-state index in [0.29, 0.717) is 6.42 Å². The summed E-state index contributed by atoms with van der Waals surface area (Å²) in [6, 6.07) is 2.65. The summed E-state index contributed by atoms with van der Waals surface area (Å²) in [7, 11) is 0. The van der Waals surface area contributed by atoms with Crippen LogP contribution < -0.4 is 5.73 Å². The maximum absolute atomic E-state index is 12.8. The second-order valence-electron chi connectivity index (χ2n) is 3.54. The van der Waals surface area contributed by atoms with Crippen LogP contribution in [0, 0.1) is 11.6 Å². The normalized spacial score (nSPS) is 21.3. The van der Waals surface area contributed by atoms with Gasteiger partial charge in [0.15, 0.2) is 11.6 Å². The van der Waals surface area contributed by atoms with Crippen LogP contribution in [0.5, 0.6) is 0 Å². The Morgan fingerprint density at radius 1 is 1.15 bits per heavy atom. The van der Waals surface area contributed by atoms with Crippen LogP contribution in [0.2, 0.25) is 0 Å². The maximum atomic E-state index is 12.8. The van der Waals surface area contributed by atoms with Crippen LogP contribution in [0.25, 0.3) is 0 Å². The SMILES string of the molecule is NC1CCc2cc(F)c(F)cc2C1. The van der Waals surface area contributed by atoms with Crippen LogP contribution in [-0.2, 0) is 12.8 Å². The second kappa shape index (κ2) is 3.07. The van der Waals surface area contributed by atoms with Crippen molar-refractivity contribution in [2.24, 2.45) is 5.73 Å². The lowest BCUT2D eigenvalue weighted by atomic mass is 9.88. The molecule has 1 nitrogen and oxygen atoms in total. The predicted molar refractivity (Wildman–Crippen MR) is 46.4 cm³/mol. The van der Waals surface area contributed by atoms with Gasteiger partial charge in [-0.05, 0) is 42.5 Å². The van der Waals surface area contributed by atoms with Gasteiger partial charge in [0, 0.05) is 6.04 Å². The number of hydrogen-bond acceptors (Lipinski definition) is 1. The van der Waals surface area contributed by atoms with Crippen LogP contribution in [0.3, 0.4) is 0 Å². The summed E-state index contributed by atoms with van der Waals surface area (Å²) in [5.74, 6) is -1.53. The summed E-state index contributed by atoms with van der Waals surface area (Å²) in [6.45, 7) is 0. The van der Waals surface area contributed by atoms with Crippen molar-refractivity contribution >= 4 is 0 Å². The quantitative estimate of drug-likeness (QED) is 0.652. The Morgan fingerprint density at radius 3 is 2.46 bits per heavy atom. The zero-order chi connectivity index (χ0) is 9.42. The summed E-state index contributed by atoms with van der Waals surface area (Å²) in [5.41, 5.74) is 7.48. The van der Waals surface area contributed by atoms with Crippen molar-refractivity contribution in [2.45, 2.75) is 25.3 Å². The minimum absolute atomic E-state index is 0.0948. The molecular weight excluding hydrogens is 172 g/mol. The van der Waals surface area contributed by atoms with Crippen LogP contribution in [0.15, 0.2) is 12.1 Å². The fourth-order valence-electron chi connectivity index (χ4n) is 1.78. The summed E-state index contributed by atoms with van der Waals surface area (Å²) in [4.78, 5) is 0. The molecule has 0 amide bonds. The molecule has 0 radical (unpaired) electrons. The molecule has 2 rings (SSSR count). The molecule has 0 fully saturated rings. The standard InChI is InChI=1S/C10H11F2N/c11-9-4-6-1-2-8(13)3-7(6)5-10(9)12/h4-5,8H,1-3,13H2. The smallest absolute Gasteiger partial charge is 0.159 e. The molecule has 1 aliphatic carbocycles. The molecular formula is C10H11F2N. The molecule has 70 valence electrons. The van der Waals surface area contributed by atoms with Crippen molar-refractivity contribution in [3.8, 4) is 0 Å². The summed E-state index contributed by atoms with van der Waals surface area (Å²) in [5, 5.41) is 0. The van der Waals surface area contributed by atoms with E-state index < -0.39 is 11.6 Å². The predicted octanol–water partition coefficient (Wildman–Crippen LogP) is 1.78. The van der Waals surface area contributed by atoms with Gasteiger partial charge in [-0.2, -0.15) is 0 Å². The third kappa shape index (κ3) is 1.56. The van der Waals surface area contributed by atoms with E-state index in [4.69, 9.17) is 5.73 Å². The molecule has 2 N–H and O–H groups in total. The van der Waals surface area contributed by atoms with E-state index in [2.05, 4.69) is 0 Å². The first-order valence-corrected chi connectivity index (χ1v) is 4.39. The monoisotopic (exact) mass is 183 g/mol. The molecule has 0 saturated heterocycles. The molecule has 1 atom stereocenters. The van der Waals surface area contributed by atoms with E-state index in [0.717, 1.165) is 24.0 Å². The third-order valence-corrected chi connectivity index (χ3v) is 2.51. The summed E-state index contributed by atoms with van der Waals surface area (Å²) >= 11 is 0. The van der Waals surface area contributed by atoms with Crippen LogP contribution in [0.1, 0.15) is 17.5 Å². The fourth-order valence-corrected chi connectivity index (χ4v) is 1.78. The van der Waals surface area contributed by atoms with E-state index >= 15 is 0 Å². The zero-order valence-electron chi connectivity index (χ0n) is 7.19. The van der Waals surface area contributed by atoms with Gasteiger partial charge in [0.25, 0.3) is 0 Å². The van der Waals surface area contributed by atoms with Crippen LogP contribution in [-0.4, -0.2) is 6.04 Å². The highest BCUT2D eigenvalue weighted by molar-refractivity contribution is 5.31. The van der Waals surface area contributed by atoms with Gasteiger partial charge >= 0.3 is 0 Å². The Balaban J connectivity index is 2.43. The Bertz CT molecular complexity index is 336. The van der Waals surface area contributed by atoms with Gasteiger partial charge in [0.05, 0.1) is 0 Å². The summed E-state index contributed by atoms with van der Waals surface area (Å²) < 4.78 is 25.6. The van der Waals surface area contributed by atoms with E-state index in [1.54, 1.807) is 0 Å². The molecule has 0 aromatic heterocycles. The molecule has 1 unspecified atom stereocenters. The first-order valence-electron chi connectivity index (χ1n) is 4.39. The van der Waals surface area contributed by atoms with Gasteiger partial charge in [-0.25, -0.2) is 8.78 Å². The van der Waals surface area contributed by atoms with E-state index in [1.807, 2.05) is 0 Å². The molecule has 1 aromatic carbocycles. The highest BCUT2D eigenvalue weighted by Gasteiger charge is 2.17. The molecule has 0 aliphatic heterocycles. The van der Waals surface area contributed by atoms with Crippen molar-refractivity contribution in [3.05, 3.63) is 34.9 Å². The Hall–Kier alpha value is -0.960. The molecule has 13 heavy (non-hydrogen) atoms. The number of fused-ring (bicyclic) bond motifs is 1. The molecule has 3 heteroatoms. The zero-order valence-corrected chi connectivity index (χ0v) is 7.19. The van der Waals surface area contributed by atoms with Gasteiger partial charge in [-0.3, -0.25) is 0 Å².